The fourth-order valence-corrected chi connectivity index (χ4v) is 6.97. The van der Waals surface area contributed by atoms with E-state index in [2.05, 4.69) is 10.9 Å². The third kappa shape index (κ3) is 4.36. The number of carbonyl (C=O) groups is 5. The molecule has 4 aliphatic rings. The molecule has 42 heavy (non-hydrogen) atoms. The zero-order valence-electron chi connectivity index (χ0n) is 22.9. The molecule has 1 aliphatic heterocycles. The van der Waals surface area contributed by atoms with Gasteiger partial charge in [-0.15, -0.1) is 0 Å². The van der Waals surface area contributed by atoms with Crippen LogP contribution >= 0.6 is 11.6 Å². The number of hydrogen-bond donors (Lipinski definition) is 2. The van der Waals surface area contributed by atoms with Gasteiger partial charge in [0.25, 0.3) is 11.8 Å². The van der Waals surface area contributed by atoms with E-state index < -0.39 is 60.0 Å². The van der Waals surface area contributed by atoms with Crippen molar-refractivity contribution in [3.05, 3.63) is 106 Å². The molecular weight excluding hydrogens is 558 g/mol. The van der Waals surface area contributed by atoms with Gasteiger partial charge >= 0.3 is 5.97 Å². The first-order valence-electron chi connectivity index (χ1n) is 13.8. The van der Waals surface area contributed by atoms with Crippen molar-refractivity contribution in [2.45, 2.75) is 31.7 Å². The highest BCUT2D eigenvalue weighted by Gasteiger charge is 2.63. The number of halogens is 1. The van der Waals surface area contributed by atoms with Gasteiger partial charge in [0.15, 0.2) is 6.61 Å². The minimum atomic E-state index is -1.22. The maximum Gasteiger partial charge on any atom is 0.330 e. The first kappa shape index (κ1) is 27.7. The highest BCUT2D eigenvalue weighted by Crippen LogP contribution is 2.61. The fraction of sp³-hybridized carbons (Fsp3) is 0.281. The van der Waals surface area contributed by atoms with Crippen LogP contribution in [-0.2, 0) is 23.9 Å². The minimum Gasteiger partial charge on any atom is -0.454 e. The number of nitrogens with one attached hydrogen (secondary N) is 2. The quantitative estimate of drug-likeness (QED) is 0.259. The molecule has 1 heterocycles. The first-order chi connectivity index (χ1) is 20.2. The lowest BCUT2D eigenvalue weighted by atomic mass is 9.55. The largest absolute Gasteiger partial charge is 0.454 e. The summed E-state index contributed by atoms with van der Waals surface area (Å²) in [5, 5.41) is 0.204. The van der Waals surface area contributed by atoms with Crippen LogP contribution < -0.4 is 10.9 Å². The Morgan fingerprint density at radius 3 is 1.74 bits per heavy atom. The molecule has 1 fully saturated rings. The van der Waals surface area contributed by atoms with E-state index in [1.807, 2.05) is 48.5 Å². The summed E-state index contributed by atoms with van der Waals surface area (Å²) in [5.74, 6) is -5.48. The lowest BCUT2D eigenvalue weighted by Crippen LogP contribution is -2.50. The van der Waals surface area contributed by atoms with Gasteiger partial charge in [-0.05, 0) is 40.3 Å². The summed E-state index contributed by atoms with van der Waals surface area (Å²) in [6.45, 7) is 2.71. The number of hydrazine groups is 1. The second-order valence-electron chi connectivity index (χ2n) is 11.1. The number of imide groups is 1. The molecule has 10 heteroatoms. The molecule has 4 amide bonds. The van der Waals surface area contributed by atoms with Crippen molar-refractivity contribution >= 4 is 41.2 Å². The van der Waals surface area contributed by atoms with E-state index in [0.29, 0.717) is 0 Å². The second kappa shape index (κ2) is 10.7. The number of esters is 1. The molecule has 0 radical (unpaired) electrons. The summed E-state index contributed by atoms with van der Waals surface area (Å²) < 4.78 is 5.27. The van der Waals surface area contributed by atoms with Crippen molar-refractivity contribution in [3.8, 4) is 0 Å². The molecule has 1 saturated heterocycles. The minimum absolute atomic E-state index is 0.155. The van der Waals surface area contributed by atoms with E-state index in [1.165, 1.54) is 12.1 Å². The highest BCUT2D eigenvalue weighted by atomic mass is 35.5. The third-order valence-corrected chi connectivity index (χ3v) is 8.74. The number of carbonyl (C=O) groups excluding carboxylic acids is 5. The number of amides is 4. The van der Waals surface area contributed by atoms with Gasteiger partial charge in [-0.25, -0.2) is 4.79 Å². The Morgan fingerprint density at radius 2 is 1.26 bits per heavy atom. The van der Waals surface area contributed by atoms with E-state index in [0.717, 1.165) is 27.2 Å². The summed E-state index contributed by atoms with van der Waals surface area (Å²) >= 11 is 6.00. The Hall–Kier alpha value is -4.50. The van der Waals surface area contributed by atoms with Crippen molar-refractivity contribution in [3.63, 3.8) is 0 Å². The molecule has 214 valence electrons. The van der Waals surface area contributed by atoms with Crippen LogP contribution in [0.3, 0.4) is 0 Å². The lowest BCUT2D eigenvalue weighted by Gasteiger charge is -2.45. The highest BCUT2D eigenvalue weighted by molar-refractivity contribution is 6.33. The smallest absolute Gasteiger partial charge is 0.330 e. The molecule has 3 aromatic rings. The Kier molecular flexibility index (Phi) is 7.06. The number of likely N-dealkylation sites (tertiary alicyclic amines) is 1. The van der Waals surface area contributed by atoms with Crippen LogP contribution in [0.2, 0.25) is 5.02 Å². The van der Waals surface area contributed by atoms with Gasteiger partial charge in [0.2, 0.25) is 11.8 Å². The maximum absolute atomic E-state index is 14.0. The molecule has 2 bridgehead atoms. The van der Waals surface area contributed by atoms with Gasteiger partial charge in [0.1, 0.15) is 6.04 Å². The van der Waals surface area contributed by atoms with Gasteiger partial charge in [-0.2, -0.15) is 0 Å². The van der Waals surface area contributed by atoms with Crippen molar-refractivity contribution < 1.29 is 28.7 Å². The Balaban J connectivity index is 1.19. The van der Waals surface area contributed by atoms with Crippen molar-refractivity contribution in [2.24, 2.45) is 17.8 Å². The van der Waals surface area contributed by atoms with Crippen LogP contribution in [0.15, 0.2) is 72.8 Å². The molecule has 0 saturated carbocycles. The fourth-order valence-electron chi connectivity index (χ4n) is 6.75. The molecule has 3 aromatic carbocycles. The first-order valence-corrected chi connectivity index (χ1v) is 14.1. The van der Waals surface area contributed by atoms with E-state index >= 15 is 0 Å². The van der Waals surface area contributed by atoms with Crippen molar-refractivity contribution in [2.75, 3.05) is 6.61 Å². The predicted molar refractivity (Wildman–Crippen MR) is 152 cm³/mol. The van der Waals surface area contributed by atoms with Gasteiger partial charge in [0, 0.05) is 11.8 Å². The molecule has 7 rings (SSSR count). The normalized spacial score (nSPS) is 22.2. The van der Waals surface area contributed by atoms with E-state index in [4.69, 9.17) is 16.3 Å². The number of ether oxygens (including phenoxy) is 1. The van der Waals surface area contributed by atoms with Crippen LogP contribution in [0.25, 0.3) is 0 Å². The van der Waals surface area contributed by atoms with Crippen molar-refractivity contribution in [1.29, 1.82) is 0 Å². The molecule has 3 aliphatic carbocycles. The topological polar surface area (TPSA) is 122 Å². The van der Waals surface area contributed by atoms with Crippen LogP contribution in [0.4, 0.5) is 0 Å². The SMILES string of the molecule is CC(C)[C@H](C(=O)OCC(=O)NNC(=O)c1ccccc1Cl)N1C(=O)[C@@H]2C3c4ccccc4C(c4ccccc43)[C@H]2C1=O. The van der Waals surface area contributed by atoms with Gasteiger partial charge in [-0.3, -0.25) is 34.9 Å². The summed E-state index contributed by atoms with van der Waals surface area (Å²) in [6.07, 6.45) is 0. The maximum atomic E-state index is 14.0. The second-order valence-corrected chi connectivity index (χ2v) is 11.5. The third-order valence-electron chi connectivity index (χ3n) is 8.41. The van der Waals surface area contributed by atoms with Gasteiger partial charge in [-0.1, -0.05) is 86.1 Å². The number of rotatable bonds is 6. The standard InChI is InChI=1S/C32H28ClN3O6/c1-16(2)28(32(41)42-15-23(37)34-35-29(38)21-13-7-8-14-22(21)33)36-30(39)26-24-17-9-3-4-10-18(17)25(27(26)31(36)40)20-12-6-5-11-19(20)24/h3-14,16,24-28H,15H2,1-2H3,(H,34,37)(H,35,38)/t24?,25?,26-,27-,28-/m1/s1. The van der Waals surface area contributed by atoms with Crippen LogP contribution in [0.5, 0.6) is 0 Å². The summed E-state index contributed by atoms with van der Waals surface area (Å²) in [4.78, 5) is 67.2. The Labute approximate surface area is 247 Å². The Bertz CT molecular complexity index is 1520. The van der Waals surface area contributed by atoms with E-state index in [1.54, 1.807) is 26.0 Å². The zero-order valence-corrected chi connectivity index (χ0v) is 23.6. The van der Waals surface area contributed by atoms with Crippen molar-refractivity contribution in [1.82, 2.24) is 15.8 Å². The Morgan fingerprint density at radius 1 is 0.786 bits per heavy atom. The monoisotopic (exact) mass is 585 g/mol. The lowest BCUT2D eigenvalue weighted by molar-refractivity contribution is -0.162. The molecule has 0 aromatic heterocycles. The molecule has 0 spiro atoms. The molecule has 2 N–H and O–H groups in total. The summed E-state index contributed by atoms with van der Waals surface area (Å²) in [5.41, 5.74) is 8.68. The van der Waals surface area contributed by atoms with Crippen LogP contribution in [0, 0.1) is 17.8 Å². The van der Waals surface area contributed by atoms with E-state index in [9.17, 15) is 24.0 Å². The molecule has 9 nitrogen and oxygen atoms in total. The van der Waals surface area contributed by atoms with Gasteiger partial charge in [0.05, 0.1) is 22.4 Å². The van der Waals surface area contributed by atoms with E-state index in [-0.39, 0.29) is 22.4 Å². The molecule has 3 atom stereocenters. The van der Waals surface area contributed by atoms with Gasteiger partial charge < -0.3 is 4.74 Å². The summed E-state index contributed by atoms with van der Waals surface area (Å²) in [7, 11) is 0. The van der Waals surface area contributed by atoms with Crippen LogP contribution in [0.1, 0.15) is 58.3 Å². The molecule has 0 unspecified atom stereocenters. The summed E-state index contributed by atoms with van der Waals surface area (Å²) in [6, 6.07) is 20.9. The average Bonchev–Trinajstić information content (AvgIpc) is 3.25. The average molecular weight is 586 g/mol. The number of hydrogen-bond acceptors (Lipinski definition) is 6. The number of nitrogens with zero attached hydrogens (tertiary/aromatic N) is 1. The molecular formula is C32H28ClN3O6. The predicted octanol–water partition coefficient (Wildman–Crippen LogP) is 3.56. The zero-order chi connectivity index (χ0) is 29.7. The van der Waals surface area contributed by atoms with Crippen LogP contribution in [-0.4, -0.2) is 47.1 Å². The number of benzene rings is 3.